The number of aromatic nitrogens is 1. The SMILES string of the molecule is COCC(C)CNS(=O)(=O)c1cc(Br)cnc1N. The molecule has 1 heterocycles. The summed E-state index contributed by atoms with van der Waals surface area (Å²) in [6, 6.07) is 1.42. The number of hydrogen-bond donors (Lipinski definition) is 2. The van der Waals surface area contributed by atoms with Gasteiger partial charge in [-0.25, -0.2) is 18.1 Å². The van der Waals surface area contributed by atoms with Crippen LogP contribution in [0.25, 0.3) is 0 Å². The van der Waals surface area contributed by atoms with Crippen LogP contribution in [0.2, 0.25) is 0 Å². The molecule has 0 fully saturated rings. The largest absolute Gasteiger partial charge is 0.384 e. The van der Waals surface area contributed by atoms with Crippen LogP contribution in [0, 0.1) is 5.92 Å². The van der Waals surface area contributed by atoms with Crippen molar-refractivity contribution >= 4 is 31.8 Å². The molecule has 1 rings (SSSR count). The molecule has 102 valence electrons. The number of nitrogens with two attached hydrogens (primary N) is 1. The Balaban J connectivity index is 2.83. The molecule has 1 unspecified atom stereocenters. The highest BCUT2D eigenvalue weighted by molar-refractivity contribution is 9.10. The molecular formula is C10H16BrN3O3S. The molecule has 6 nitrogen and oxygen atoms in total. The van der Waals surface area contributed by atoms with Gasteiger partial charge in [0.25, 0.3) is 0 Å². The molecule has 3 N–H and O–H groups in total. The van der Waals surface area contributed by atoms with E-state index < -0.39 is 10.0 Å². The lowest BCUT2D eigenvalue weighted by Gasteiger charge is -2.12. The van der Waals surface area contributed by atoms with Gasteiger partial charge in [-0.05, 0) is 27.9 Å². The second-order valence-electron chi connectivity index (χ2n) is 3.95. The predicted octanol–water partition coefficient (Wildman–Crippen LogP) is 0.987. The average molecular weight is 338 g/mol. The summed E-state index contributed by atoms with van der Waals surface area (Å²) in [6.07, 6.45) is 1.45. The molecule has 1 atom stereocenters. The van der Waals surface area contributed by atoms with E-state index in [1.165, 1.54) is 12.3 Å². The summed E-state index contributed by atoms with van der Waals surface area (Å²) in [5.74, 6) is 0.0520. The minimum absolute atomic E-state index is 0.0231. The van der Waals surface area contributed by atoms with E-state index in [9.17, 15) is 8.42 Å². The van der Waals surface area contributed by atoms with Gasteiger partial charge in [-0.2, -0.15) is 0 Å². The van der Waals surface area contributed by atoms with E-state index in [4.69, 9.17) is 10.5 Å². The van der Waals surface area contributed by atoms with E-state index in [-0.39, 0.29) is 23.2 Å². The fourth-order valence-corrected chi connectivity index (χ4v) is 3.07. The molecule has 0 aliphatic rings. The smallest absolute Gasteiger partial charge is 0.244 e. The molecule has 1 aromatic heterocycles. The van der Waals surface area contributed by atoms with Crippen molar-refractivity contribution in [3.05, 3.63) is 16.7 Å². The standard InChI is InChI=1S/C10H16BrN3O3S/c1-7(6-17-2)4-14-18(15,16)9-3-8(11)5-13-10(9)12/h3,5,7,14H,4,6H2,1-2H3,(H2,12,13). The van der Waals surface area contributed by atoms with Crippen LogP contribution in [0.15, 0.2) is 21.6 Å². The summed E-state index contributed by atoms with van der Waals surface area (Å²) >= 11 is 3.16. The molecule has 1 aromatic rings. The minimum atomic E-state index is -3.65. The van der Waals surface area contributed by atoms with Crippen molar-refractivity contribution in [2.45, 2.75) is 11.8 Å². The predicted molar refractivity (Wildman–Crippen MR) is 72.6 cm³/mol. The summed E-state index contributed by atoms with van der Waals surface area (Å²) in [5, 5.41) is 0. The summed E-state index contributed by atoms with van der Waals surface area (Å²) in [5.41, 5.74) is 5.56. The first-order valence-electron chi connectivity index (χ1n) is 5.26. The normalized spacial score (nSPS) is 13.5. The van der Waals surface area contributed by atoms with E-state index in [1.807, 2.05) is 6.92 Å². The Bertz CT molecular complexity index is 507. The summed E-state index contributed by atoms with van der Waals surface area (Å²) in [4.78, 5) is 3.77. The van der Waals surface area contributed by atoms with Gasteiger partial charge < -0.3 is 10.5 Å². The van der Waals surface area contributed by atoms with E-state index in [2.05, 4.69) is 25.6 Å². The third kappa shape index (κ3) is 4.20. The molecule has 0 aliphatic carbocycles. The van der Waals surface area contributed by atoms with Crippen LogP contribution in [-0.4, -0.2) is 33.7 Å². The molecule has 0 aliphatic heterocycles. The number of pyridine rings is 1. The number of anilines is 1. The topological polar surface area (TPSA) is 94.3 Å². The Morgan fingerprint density at radius 1 is 1.61 bits per heavy atom. The fraction of sp³-hybridized carbons (Fsp3) is 0.500. The van der Waals surface area contributed by atoms with Gasteiger partial charge in [-0.1, -0.05) is 6.92 Å². The van der Waals surface area contributed by atoms with Crippen molar-refractivity contribution in [3.63, 3.8) is 0 Å². The molecule has 0 aromatic carbocycles. The number of halogens is 1. The molecule has 0 spiro atoms. The highest BCUT2D eigenvalue weighted by Gasteiger charge is 2.19. The molecule has 8 heteroatoms. The Kier molecular flexibility index (Phi) is 5.51. The minimum Gasteiger partial charge on any atom is -0.384 e. The molecular weight excluding hydrogens is 322 g/mol. The van der Waals surface area contributed by atoms with E-state index in [0.717, 1.165) is 0 Å². The molecule has 0 bridgehead atoms. The van der Waals surface area contributed by atoms with E-state index in [0.29, 0.717) is 11.1 Å². The lowest BCUT2D eigenvalue weighted by Crippen LogP contribution is -2.30. The van der Waals surface area contributed by atoms with Gasteiger partial charge >= 0.3 is 0 Å². The monoisotopic (exact) mass is 337 g/mol. The zero-order valence-corrected chi connectivity index (χ0v) is 12.6. The van der Waals surface area contributed by atoms with Gasteiger partial charge in [0.1, 0.15) is 10.7 Å². The number of nitrogen functional groups attached to an aromatic ring is 1. The van der Waals surface area contributed by atoms with Crippen molar-refractivity contribution in [1.29, 1.82) is 0 Å². The number of nitrogens with zero attached hydrogens (tertiary/aromatic N) is 1. The number of methoxy groups -OCH3 is 1. The van der Waals surface area contributed by atoms with Gasteiger partial charge in [0.15, 0.2) is 0 Å². The van der Waals surface area contributed by atoms with Crippen molar-refractivity contribution in [1.82, 2.24) is 9.71 Å². The van der Waals surface area contributed by atoms with E-state index in [1.54, 1.807) is 7.11 Å². The first-order valence-corrected chi connectivity index (χ1v) is 7.54. The van der Waals surface area contributed by atoms with Crippen LogP contribution in [0.4, 0.5) is 5.82 Å². The lowest BCUT2D eigenvalue weighted by molar-refractivity contribution is 0.161. The zero-order valence-electron chi connectivity index (χ0n) is 10.2. The molecule has 0 radical (unpaired) electrons. The maximum Gasteiger partial charge on any atom is 0.244 e. The molecule has 0 saturated carbocycles. The Hall–Kier alpha value is -0.700. The summed E-state index contributed by atoms with van der Waals surface area (Å²) in [6.45, 7) is 2.64. The highest BCUT2D eigenvalue weighted by Crippen LogP contribution is 2.20. The highest BCUT2D eigenvalue weighted by atomic mass is 79.9. The zero-order chi connectivity index (χ0) is 13.8. The Morgan fingerprint density at radius 3 is 2.89 bits per heavy atom. The van der Waals surface area contributed by atoms with Crippen molar-refractivity contribution in [2.24, 2.45) is 5.92 Å². The van der Waals surface area contributed by atoms with Gasteiger partial charge in [0, 0.05) is 30.9 Å². The van der Waals surface area contributed by atoms with Crippen molar-refractivity contribution < 1.29 is 13.2 Å². The number of nitrogens with one attached hydrogen (secondary N) is 1. The third-order valence-corrected chi connectivity index (χ3v) is 4.10. The third-order valence-electron chi connectivity index (χ3n) is 2.21. The Morgan fingerprint density at radius 2 is 2.28 bits per heavy atom. The van der Waals surface area contributed by atoms with Crippen LogP contribution >= 0.6 is 15.9 Å². The molecule has 0 amide bonds. The van der Waals surface area contributed by atoms with Gasteiger partial charge in [0.05, 0.1) is 0 Å². The lowest BCUT2D eigenvalue weighted by atomic mass is 10.2. The quantitative estimate of drug-likeness (QED) is 0.807. The maximum absolute atomic E-state index is 12.0. The van der Waals surface area contributed by atoms with Crippen LogP contribution in [0.5, 0.6) is 0 Å². The van der Waals surface area contributed by atoms with Gasteiger partial charge in [-0.3, -0.25) is 0 Å². The number of ether oxygens (including phenoxy) is 1. The number of hydrogen-bond acceptors (Lipinski definition) is 5. The Labute approximate surface area is 115 Å². The fourth-order valence-electron chi connectivity index (χ4n) is 1.32. The van der Waals surface area contributed by atoms with Crippen molar-refractivity contribution in [2.75, 3.05) is 26.0 Å². The van der Waals surface area contributed by atoms with Crippen LogP contribution in [0.3, 0.4) is 0 Å². The summed E-state index contributed by atoms with van der Waals surface area (Å²) in [7, 11) is -2.08. The van der Waals surface area contributed by atoms with Crippen LogP contribution in [0.1, 0.15) is 6.92 Å². The second-order valence-corrected chi connectivity index (χ2v) is 6.60. The first-order chi connectivity index (χ1) is 8.36. The van der Waals surface area contributed by atoms with E-state index >= 15 is 0 Å². The average Bonchev–Trinajstić information content (AvgIpc) is 2.30. The summed E-state index contributed by atoms with van der Waals surface area (Å²) < 4.78 is 32.0. The first kappa shape index (κ1) is 15.4. The molecule has 0 saturated heterocycles. The number of rotatable bonds is 6. The second kappa shape index (κ2) is 6.46. The van der Waals surface area contributed by atoms with Gasteiger partial charge in [-0.15, -0.1) is 0 Å². The van der Waals surface area contributed by atoms with Crippen molar-refractivity contribution in [3.8, 4) is 0 Å². The van der Waals surface area contributed by atoms with Gasteiger partial charge in [0.2, 0.25) is 10.0 Å². The number of sulfonamides is 1. The maximum atomic E-state index is 12.0. The molecule has 18 heavy (non-hydrogen) atoms. The van der Waals surface area contributed by atoms with Crippen LogP contribution < -0.4 is 10.5 Å². The van der Waals surface area contributed by atoms with Crippen LogP contribution in [-0.2, 0) is 14.8 Å².